The van der Waals surface area contributed by atoms with Gasteiger partial charge < -0.3 is 0 Å². The van der Waals surface area contributed by atoms with Crippen molar-refractivity contribution >= 4 is 27.1 Å². The Balaban J connectivity index is 2.25. The second-order valence-electron chi connectivity index (χ2n) is 4.99. The quantitative estimate of drug-likeness (QED) is 0.401. The second kappa shape index (κ2) is 5.34. The van der Waals surface area contributed by atoms with Crippen LogP contribution in [0, 0.1) is 0 Å². The van der Waals surface area contributed by atoms with Gasteiger partial charge in [-0.05, 0) is 45.2 Å². The molecule has 0 aliphatic carbocycles. The van der Waals surface area contributed by atoms with Crippen molar-refractivity contribution in [2.75, 3.05) is 0 Å². The Hall–Kier alpha value is -2.34. The van der Waals surface area contributed by atoms with E-state index in [-0.39, 0.29) is 0 Å². The van der Waals surface area contributed by atoms with Gasteiger partial charge in [0.15, 0.2) is 0 Å². The highest BCUT2D eigenvalue weighted by molar-refractivity contribution is 6.08. The Morgan fingerprint density at radius 2 is 1.70 bits per heavy atom. The Morgan fingerprint density at radius 1 is 0.950 bits per heavy atom. The molecule has 0 unspecified atom stereocenters. The lowest BCUT2D eigenvalue weighted by Crippen LogP contribution is -1.83. The predicted molar refractivity (Wildman–Crippen MR) is 89.9 cm³/mol. The van der Waals surface area contributed by atoms with Crippen molar-refractivity contribution in [3.8, 4) is 0 Å². The fraction of sp³-hybridized carbons (Fsp3) is 0.100. The summed E-state index contributed by atoms with van der Waals surface area (Å²) in [7, 11) is 0. The number of hydrogen-bond donors (Lipinski definition) is 0. The summed E-state index contributed by atoms with van der Waals surface area (Å²) in [6, 6.07) is 19.6. The van der Waals surface area contributed by atoms with E-state index in [2.05, 4.69) is 74.2 Å². The lowest BCUT2D eigenvalue weighted by Gasteiger charge is -2.07. The SMILES string of the molecule is C=C/C(=C\CC)c1ccc2c(ccc3ccccc32)c1. The van der Waals surface area contributed by atoms with E-state index in [1.807, 2.05) is 6.08 Å². The molecule has 0 saturated heterocycles. The first-order valence-corrected chi connectivity index (χ1v) is 7.08. The first kappa shape index (κ1) is 12.7. The van der Waals surface area contributed by atoms with Crippen LogP contribution in [-0.2, 0) is 0 Å². The lowest BCUT2D eigenvalue weighted by molar-refractivity contribution is 1.23. The van der Waals surface area contributed by atoms with Gasteiger partial charge in [-0.15, -0.1) is 0 Å². The topological polar surface area (TPSA) is 0 Å². The molecule has 0 radical (unpaired) electrons. The highest BCUT2D eigenvalue weighted by Crippen LogP contribution is 2.28. The summed E-state index contributed by atoms with van der Waals surface area (Å²) in [5, 5.41) is 5.20. The van der Waals surface area contributed by atoms with Crippen LogP contribution in [0.4, 0.5) is 0 Å². The maximum atomic E-state index is 3.92. The van der Waals surface area contributed by atoms with Crippen LogP contribution in [0.3, 0.4) is 0 Å². The molecular weight excluding hydrogens is 240 g/mol. The molecule has 0 heterocycles. The normalized spacial score (nSPS) is 11.9. The standard InChI is InChI=1S/C20H18/c1-3-7-15(4-2)17-12-13-20-18(14-17)11-10-16-8-5-6-9-19(16)20/h4-14H,2-3H2,1H3/b15-7+. The van der Waals surface area contributed by atoms with Crippen molar-refractivity contribution in [3.05, 3.63) is 78.9 Å². The molecule has 0 nitrogen and oxygen atoms in total. The van der Waals surface area contributed by atoms with Gasteiger partial charge in [-0.3, -0.25) is 0 Å². The van der Waals surface area contributed by atoms with Crippen LogP contribution >= 0.6 is 0 Å². The molecule has 3 rings (SSSR count). The van der Waals surface area contributed by atoms with Crippen molar-refractivity contribution in [3.63, 3.8) is 0 Å². The highest BCUT2D eigenvalue weighted by Gasteiger charge is 2.03. The fourth-order valence-electron chi connectivity index (χ4n) is 2.73. The van der Waals surface area contributed by atoms with Gasteiger partial charge in [0.25, 0.3) is 0 Å². The van der Waals surface area contributed by atoms with Crippen LogP contribution in [0.1, 0.15) is 18.9 Å². The van der Waals surface area contributed by atoms with Crippen molar-refractivity contribution in [2.45, 2.75) is 13.3 Å². The van der Waals surface area contributed by atoms with Gasteiger partial charge in [0.2, 0.25) is 0 Å². The van der Waals surface area contributed by atoms with E-state index >= 15 is 0 Å². The summed E-state index contributed by atoms with van der Waals surface area (Å²) in [4.78, 5) is 0. The minimum Gasteiger partial charge on any atom is -0.0985 e. The van der Waals surface area contributed by atoms with Gasteiger partial charge in [-0.25, -0.2) is 0 Å². The van der Waals surface area contributed by atoms with Crippen molar-refractivity contribution in [1.29, 1.82) is 0 Å². The van der Waals surface area contributed by atoms with E-state index in [1.165, 1.54) is 32.7 Å². The molecule has 0 spiro atoms. The van der Waals surface area contributed by atoms with Crippen LogP contribution in [0.15, 0.2) is 73.3 Å². The predicted octanol–water partition coefficient (Wildman–Crippen LogP) is 5.97. The average Bonchev–Trinajstić information content (AvgIpc) is 2.52. The smallest absolute Gasteiger partial charge is 0.0105 e. The molecule has 0 saturated carbocycles. The molecule has 0 fully saturated rings. The van der Waals surface area contributed by atoms with Crippen LogP contribution in [-0.4, -0.2) is 0 Å². The highest BCUT2D eigenvalue weighted by atomic mass is 14.1. The van der Waals surface area contributed by atoms with Gasteiger partial charge in [-0.2, -0.15) is 0 Å². The Kier molecular flexibility index (Phi) is 3.39. The van der Waals surface area contributed by atoms with E-state index in [4.69, 9.17) is 0 Å². The minimum absolute atomic E-state index is 1.02. The minimum atomic E-state index is 1.02. The van der Waals surface area contributed by atoms with Crippen molar-refractivity contribution in [1.82, 2.24) is 0 Å². The first-order chi connectivity index (χ1) is 9.83. The summed E-state index contributed by atoms with van der Waals surface area (Å²) in [5.74, 6) is 0. The first-order valence-electron chi connectivity index (χ1n) is 7.08. The van der Waals surface area contributed by atoms with E-state index in [1.54, 1.807) is 0 Å². The summed E-state index contributed by atoms with van der Waals surface area (Å²) >= 11 is 0. The average molecular weight is 258 g/mol. The second-order valence-corrected chi connectivity index (χ2v) is 4.99. The third kappa shape index (κ3) is 2.14. The molecule has 0 aliphatic rings. The van der Waals surface area contributed by atoms with Gasteiger partial charge >= 0.3 is 0 Å². The Bertz CT molecular complexity index is 807. The third-order valence-electron chi connectivity index (χ3n) is 3.72. The van der Waals surface area contributed by atoms with Gasteiger partial charge in [0.05, 0.1) is 0 Å². The number of benzene rings is 3. The molecule has 0 heteroatoms. The van der Waals surface area contributed by atoms with E-state index in [0.29, 0.717) is 0 Å². The van der Waals surface area contributed by atoms with Crippen LogP contribution in [0.2, 0.25) is 0 Å². The summed E-state index contributed by atoms with van der Waals surface area (Å²) < 4.78 is 0. The molecule has 0 aromatic heterocycles. The zero-order valence-electron chi connectivity index (χ0n) is 11.8. The molecule has 0 amide bonds. The monoisotopic (exact) mass is 258 g/mol. The Morgan fingerprint density at radius 3 is 2.50 bits per heavy atom. The molecular formula is C20H18. The van der Waals surface area contributed by atoms with Crippen molar-refractivity contribution in [2.24, 2.45) is 0 Å². The number of rotatable bonds is 3. The zero-order valence-corrected chi connectivity index (χ0v) is 11.8. The molecule has 20 heavy (non-hydrogen) atoms. The van der Waals surface area contributed by atoms with Crippen molar-refractivity contribution < 1.29 is 0 Å². The molecule has 3 aromatic carbocycles. The van der Waals surface area contributed by atoms with Crippen LogP contribution in [0.25, 0.3) is 27.1 Å². The Labute approximate surface area is 120 Å². The number of hydrogen-bond acceptors (Lipinski definition) is 0. The largest absolute Gasteiger partial charge is 0.0985 e. The molecule has 0 atom stereocenters. The van der Waals surface area contributed by atoms with Gasteiger partial charge in [0, 0.05) is 0 Å². The van der Waals surface area contributed by atoms with Crippen LogP contribution in [0.5, 0.6) is 0 Å². The molecule has 0 N–H and O–H groups in total. The number of fused-ring (bicyclic) bond motifs is 3. The summed E-state index contributed by atoms with van der Waals surface area (Å²) in [5.41, 5.74) is 2.45. The maximum absolute atomic E-state index is 3.92. The molecule has 0 aliphatic heterocycles. The van der Waals surface area contributed by atoms with Gasteiger partial charge in [-0.1, -0.05) is 74.2 Å². The maximum Gasteiger partial charge on any atom is -0.0105 e. The number of allylic oxidation sites excluding steroid dienone is 3. The lowest BCUT2D eigenvalue weighted by atomic mass is 9.97. The van der Waals surface area contributed by atoms with E-state index in [0.717, 1.165) is 6.42 Å². The fourth-order valence-corrected chi connectivity index (χ4v) is 2.73. The molecule has 0 bridgehead atoms. The van der Waals surface area contributed by atoms with Gasteiger partial charge in [0.1, 0.15) is 0 Å². The zero-order chi connectivity index (χ0) is 13.9. The summed E-state index contributed by atoms with van der Waals surface area (Å²) in [6.45, 7) is 6.07. The molecule has 98 valence electrons. The van der Waals surface area contributed by atoms with E-state index < -0.39 is 0 Å². The van der Waals surface area contributed by atoms with E-state index in [9.17, 15) is 0 Å². The third-order valence-corrected chi connectivity index (χ3v) is 3.72. The molecule has 3 aromatic rings. The van der Waals surface area contributed by atoms with Crippen LogP contribution < -0.4 is 0 Å². The summed E-state index contributed by atoms with van der Waals surface area (Å²) in [6.07, 6.45) is 5.18.